The molecular weight excluding hydrogens is 531 g/mol. The minimum atomic E-state index is -0.735. The van der Waals surface area contributed by atoms with Crippen LogP contribution in [-0.4, -0.2) is 34.3 Å². The fourth-order valence-corrected chi connectivity index (χ4v) is 5.12. The molecule has 7 heteroatoms. The number of hydrogen-bond acceptors (Lipinski definition) is 4. The van der Waals surface area contributed by atoms with E-state index in [1.807, 2.05) is 74.5 Å². The second kappa shape index (κ2) is 14.4. The Balaban J connectivity index is 1.85. The molecule has 2 N–H and O–H groups in total. The maximum absolute atomic E-state index is 14.1. The van der Waals surface area contributed by atoms with Crippen molar-refractivity contribution in [2.75, 3.05) is 11.9 Å². The number of esters is 1. The molecule has 0 fully saturated rings. The van der Waals surface area contributed by atoms with Gasteiger partial charge < -0.3 is 19.7 Å². The molecular formula is C35H37FN2O4. The number of amides is 1. The summed E-state index contributed by atoms with van der Waals surface area (Å²) < 4.78 is 21.0. The predicted molar refractivity (Wildman–Crippen MR) is 165 cm³/mol. The number of anilines is 1. The maximum Gasteiger partial charge on any atom is 0.330 e. The second-order valence-electron chi connectivity index (χ2n) is 10.3. The molecule has 6 nitrogen and oxygen atoms in total. The average molecular weight is 569 g/mol. The van der Waals surface area contributed by atoms with Crippen molar-refractivity contribution in [1.82, 2.24) is 4.57 Å². The summed E-state index contributed by atoms with van der Waals surface area (Å²) in [6.45, 7) is 6.49. The molecule has 42 heavy (non-hydrogen) atoms. The first-order valence-corrected chi connectivity index (χ1v) is 14.3. The molecule has 1 amide bonds. The van der Waals surface area contributed by atoms with Crippen LogP contribution in [0, 0.1) is 5.82 Å². The molecule has 0 aliphatic carbocycles. The zero-order valence-electron chi connectivity index (χ0n) is 24.2. The zero-order chi connectivity index (χ0) is 30.1. The third-order valence-electron chi connectivity index (χ3n) is 6.92. The largest absolute Gasteiger partial charge is 0.463 e. The number of halogens is 1. The van der Waals surface area contributed by atoms with Gasteiger partial charge in [0, 0.05) is 29.6 Å². The predicted octanol–water partition coefficient (Wildman–Crippen LogP) is 7.60. The summed E-state index contributed by atoms with van der Waals surface area (Å²) in [5.74, 6) is -1.10. The maximum atomic E-state index is 14.1. The summed E-state index contributed by atoms with van der Waals surface area (Å²) >= 11 is 0. The molecule has 0 saturated heterocycles. The van der Waals surface area contributed by atoms with Crippen molar-refractivity contribution in [2.24, 2.45) is 0 Å². The third-order valence-corrected chi connectivity index (χ3v) is 6.92. The van der Waals surface area contributed by atoms with E-state index < -0.39 is 12.1 Å². The van der Waals surface area contributed by atoms with E-state index in [9.17, 15) is 19.1 Å². The molecule has 0 unspecified atom stereocenters. The average Bonchev–Trinajstić information content (AvgIpc) is 3.33. The van der Waals surface area contributed by atoms with Crippen LogP contribution < -0.4 is 5.32 Å². The summed E-state index contributed by atoms with van der Waals surface area (Å²) in [5.41, 5.74) is 5.16. The zero-order valence-corrected chi connectivity index (χ0v) is 24.2. The summed E-state index contributed by atoms with van der Waals surface area (Å²) in [6.07, 6.45) is 2.84. The van der Waals surface area contributed by atoms with Gasteiger partial charge >= 0.3 is 5.97 Å². The van der Waals surface area contributed by atoms with Crippen LogP contribution in [0.15, 0.2) is 97.1 Å². The first kappa shape index (κ1) is 30.5. The molecule has 0 radical (unpaired) electrons. The summed E-state index contributed by atoms with van der Waals surface area (Å²) in [5, 5.41) is 13.9. The van der Waals surface area contributed by atoms with E-state index in [1.54, 1.807) is 25.1 Å². The van der Waals surface area contributed by atoms with Gasteiger partial charge in [0.1, 0.15) is 5.82 Å². The standard InChI is InChI=1S/C35H37FN2O4/c1-4-42-30(40)17-11-16-29(39)22-23-38-33(24(2)3)32(35(41)37-28-14-9-6-10-15-28)31(25-12-7-5-8-13-25)34(38)26-18-20-27(36)21-19-26/h5-15,17-21,24,29,39H,4,16,22-23H2,1-3H3,(H,37,41)/b17-11+/t29-/m0/s1. The fraction of sp³-hybridized carbons (Fsp3) is 0.257. The second-order valence-corrected chi connectivity index (χ2v) is 10.3. The highest BCUT2D eigenvalue weighted by Crippen LogP contribution is 2.42. The highest BCUT2D eigenvalue weighted by Gasteiger charge is 2.30. The van der Waals surface area contributed by atoms with Crippen LogP contribution in [0.1, 0.15) is 55.6 Å². The highest BCUT2D eigenvalue weighted by molar-refractivity contribution is 6.12. The molecule has 0 bridgehead atoms. The molecule has 1 atom stereocenters. The number of benzene rings is 3. The van der Waals surface area contributed by atoms with E-state index in [-0.39, 0.29) is 30.7 Å². The van der Waals surface area contributed by atoms with E-state index in [2.05, 4.69) is 9.88 Å². The van der Waals surface area contributed by atoms with E-state index in [0.717, 1.165) is 28.1 Å². The molecule has 0 spiro atoms. The first-order valence-electron chi connectivity index (χ1n) is 14.3. The Morgan fingerprint density at radius 1 is 0.952 bits per heavy atom. The van der Waals surface area contributed by atoms with Gasteiger partial charge in [-0.2, -0.15) is 0 Å². The van der Waals surface area contributed by atoms with Gasteiger partial charge in [-0.25, -0.2) is 9.18 Å². The van der Waals surface area contributed by atoms with Crippen molar-refractivity contribution in [3.05, 3.63) is 114 Å². The van der Waals surface area contributed by atoms with Gasteiger partial charge in [-0.15, -0.1) is 0 Å². The molecule has 1 aromatic heterocycles. The van der Waals surface area contributed by atoms with Gasteiger partial charge in [0.2, 0.25) is 0 Å². The first-order chi connectivity index (χ1) is 20.3. The van der Waals surface area contributed by atoms with Gasteiger partial charge in [0.25, 0.3) is 5.91 Å². The van der Waals surface area contributed by atoms with Crippen LogP contribution in [0.4, 0.5) is 10.1 Å². The normalized spacial score (nSPS) is 12.0. The van der Waals surface area contributed by atoms with Gasteiger partial charge in [-0.1, -0.05) is 68.5 Å². The lowest BCUT2D eigenvalue weighted by atomic mass is 9.94. The Kier molecular flexibility index (Phi) is 10.5. The minimum Gasteiger partial charge on any atom is -0.463 e. The molecule has 1 heterocycles. The van der Waals surface area contributed by atoms with Crippen molar-refractivity contribution in [2.45, 2.75) is 52.2 Å². The summed E-state index contributed by atoms with van der Waals surface area (Å²) in [6, 6.07) is 25.3. The molecule has 4 aromatic rings. The number of rotatable bonds is 12. The van der Waals surface area contributed by atoms with Gasteiger partial charge in [0.15, 0.2) is 0 Å². The van der Waals surface area contributed by atoms with Crippen LogP contribution in [-0.2, 0) is 16.1 Å². The number of aliphatic hydroxyl groups excluding tert-OH is 1. The van der Waals surface area contributed by atoms with E-state index in [4.69, 9.17) is 4.74 Å². The molecule has 0 saturated carbocycles. The lowest BCUT2D eigenvalue weighted by Crippen LogP contribution is -2.17. The summed E-state index contributed by atoms with van der Waals surface area (Å²) in [4.78, 5) is 25.8. The lowest BCUT2D eigenvalue weighted by molar-refractivity contribution is -0.137. The van der Waals surface area contributed by atoms with E-state index in [1.165, 1.54) is 18.2 Å². The monoisotopic (exact) mass is 568 g/mol. The number of para-hydroxylation sites is 1. The number of nitrogens with zero attached hydrogens (tertiary/aromatic N) is 1. The van der Waals surface area contributed by atoms with Crippen LogP contribution in [0.3, 0.4) is 0 Å². The van der Waals surface area contributed by atoms with Crippen LogP contribution in [0.2, 0.25) is 0 Å². The SMILES string of the molecule is CCOC(=O)/C=C/C[C@H](O)CCn1c(-c2ccc(F)cc2)c(-c2ccccc2)c(C(=O)Nc2ccccc2)c1C(C)C. The quantitative estimate of drug-likeness (QED) is 0.136. The van der Waals surface area contributed by atoms with E-state index >= 15 is 0 Å². The molecule has 4 rings (SSSR count). The Bertz CT molecular complexity index is 1510. The van der Waals surface area contributed by atoms with Crippen molar-refractivity contribution in [1.29, 1.82) is 0 Å². The van der Waals surface area contributed by atoms with Crippen LogP contribution in [0.5, 0.6) is 0 Å². The number of aromatic nitrogens is 1. The van der Waals surface area contributed by atoms with E-state index in [0.29, 0.717) is 24.2 Å². The third kappa shape index (κ3) is 7.42. The molecule has 0 aliphatic heterocycles. The Morgan fingerprint density at radius 3 is 2.21 bits per heavy atom. The van der Waals surface area contributed by atoms with Crippen molar-refractivity contribution in [3.8, 4) is 22.4 Å². The Hall–Kier alpha value is -4.49. The fourth-order valence-electron chi connectivity index (χ4n) is 5.12. The van der Waals surface area contributed by atoms with Gasteiger partial charge in [-0.3, -0.25) is 4.79 Å². The van der Waals surface area contributed by atoms with Gasteiger partial charge in [-0.05, 0) is 73.2 Å². The highest BCUT2D eigenvalue weighted by atomic mass is 19.1. The van der Waals surface area contributed by atoms with Crippen molar-refractivity contribution >= 4 is 17.6 Å². The molecule has 218 valence electrons. The smallest absolute Gasteiger partial charge is 0.330 e. The number of hydrogen-bond donors (Lipinski definition) is 2. The van der Waals surface area contributed by atoms with Crippen LogP contribution in [0.25, 0.3) is 22.4 Å². The number of carbonyl (C=O) groups excluding carboxylic acids is 2. The number of nitrogens with one attached hydrogen (secondary N) is 1. The number of ether oxygens (including phenoxy) is 1. The summed E-state index contributed by atoms with van der Waals surface area (Å²) in [7, 11) is 0. The van der Waals surface area contributed by atoms with Gasteiger partial charge in [0.05, 0.1) is 24.0 Å². The number of aliphatic hydroxyl groups is 1. The molecule has 3 aromatic carbocycles. The minimum absolute atomic E-state index is 0.0564. The van der Waals surface area contributed by atoms with Crippen LogP contribution >= 0.6 is 0 Å². The number of carbonyl (C=O) groups is 2. The lowest BCUT2D eigenvalue weighted by Gasteiger charge is -2.19. The van der Waals surface area contributed by atoms with Crippen molar-refractivity contribution in [3.63, 3.8) is 0 Å². The Morgan fingerprint density at radius 2 is 1.60 bits per heavy atom. The van der Waals surface area contributed by atoms with Crippen molar-refractivity contribution < 1.29 is 23.8 Å². The molecule has 0 aliphatic rings. The Labute approximate surface area is 246 Å². The topological polar surface area (TPSA) is 80.6 Å².